The number of fused-ring (bicyclic) bond motifs is 3. The molecule has 1 saturated heterocycles. The first-order valence-electron chi connectivity index (χ1n) is 9.69. The molecule has 0 saturated carbocycles. The quantitative estimate of drug-likeness (QED) is 0.700. The third-order valence-corrected chi connectivity index (χ3v) is 4.16. The van der Waals surface area contributed by atoms with E-state index in [9.17, 15) is 9.59 Å². The van der Waals surface area contributed by atoms with Gasteiger partial charge in [-0.05, 0) is 53.7 Å². The number of morpholine rings is 1. The minimum absolute atomic E-state index is 0.0824. The Kier molecular flexibility index (Phi) is 5.62. The van der Waals surface area contributed by atoms with Crippen LogP contribution in [0.15, 0.2) is 12.1 Å². The fourth-order valence-electron chi connectivity index (χ4n) is 3.03. The van der Waals surface area contributed by atoms with Gasteiger partial charge in [0.1, 0.15) is 23.5 Å². The zero-order chi connectivity index (χ0) is 21.4. The van der Waals surface area contributed by atoms with Gasteiger partial charge in [0.25, 0.3) is 0 Å². The van der Waals surface area contributed by atoms with E-state index in [2.05, 4.69) is 9.88 Å². The van der Waals surface area contributed by atoms with E-state index >= 15 is 0 Å². The highest BCUT2D eigenvalue weighted by molar-refractivity contribution is 6.08. The van der Waals surface area contributed by atoms with Gasteiger partial charge in [0.2, 0.25) is 5.88 Å². The zero-order valence-electron chi connectivity index (χ0n) is 17.9. The first kappa shape index (κ1) is 21.2. The fourth-order valence-corrected chi connectivity index (χ4v) is 3.03. The lowest BCUT2D eigenvalue weighted by atomic mass is 10.2. The van der Waals surface area contributed by atoms with Crippen LogP contribution in [0.5, 0.6) is 5.88 Å². The number of aromatic nitrogens is 1. The third kappa shape index (κ3) is 5.09. The molecule has 0 spiro atoms. The molecule has 0 bridgehead atoms. The molecule has 2 aliphatic heterocycles. The Labute approximate surface area is 170 Å². The normalized spacial score (nSPS) is 18.8. The van der Waals surface area contributed by atoms with Gasteiger partial charge in [0.15, 0.2) is 5.82 Å². The Balaban J connectivity index is 1.93. The van der Waals surface area contributed by atoms with Crippen LogP contribution < -0.4 is 14.5 Å². The molecular weight excluding hydrogens is 378 g/mol. The van der Waals surface area contributed by atoms with Gasteiger partial charge < -0.3 is 23.8 Å². The molecule has 0 N–H and O–H groups in total. The molecule has 0 aliphatic carbocycles. The molecule has 2 aliphatic rings. The second kappa shape index (κ2) is 7.70. The van der Waals surface area contributed by atoms with E-state index in [-0.39, 0.29) is 11.9 Å². The molecule has 2 amide bonds. The van der Waals surface area contributed by atoms with Crippen LogP contribution in [0.25, 0.3) is 0 Å². The highest BCUT2D eigenvalue weighted by atomic mass is 16.6. The average molecular weight is 407 g/mol. The van der Waals surface area contributed by atoms with E-state index < -0.39 is 23.4 Å². The molecule has 1 aromatic rings. The van der Waals surface area contributed by atoms with E-state index in [1.165, 1.54) is 0 Å². The summed E-state index contributed by atoms with van der Waals surface area (Å²) in [5.74, 6) is 0.441. The summed E-state index contributed by atoms with van der Waals surface area (Å²) >= 11 is 0. The minimum Gasteiger partial charge on any atom is -0.474 e. The molecule has 3 heterocycles. The Bertz CT molecular complexity index is 755. The van der Waals surface area contributed by atoms with Crippen molar-refractivity contribution >= 4 is 23.7 Å². The lowest BCUT2D eigenvalue weighted by molar-refractivity contribution is 0.0428. The van der Waals surface area contributed by atoms with Crippen molar-refractivity contribution in [3.05, 3.63) is 12.1 Å². The lowest BCUT2D eigenvalue weighted by Gasteiger charge is -2.40. The third-order valence-electron chi connectivity index (χ3n) is 4.16. The van der Waals surface area contributed by atoms with Gasteiger partial charge in [-0.3, -0.25) is 0 Å². The molecule has 9 nitrogen and oxygen atoms in total. The van der Waals surface area contributed by atoms with E-state index in [1.807, 2.05) is 0 Å². The predicted molar refractivity (Wildman–Crippen MR) is 107 cm³/mol. The molecule has 1 fully saturated rings. The highest BCUT2D eigenvalue weighted by Gasteiger charge is 2.36. The van der Waals surface area contributed by atoms with Crippen molar-refractivity contribution in [2.75, 3.05) is 36.2 Å². The number of anilines is 2. The van der Waals surface area contributed by atoms with Gasteiger partial charge in [-0.25, -0.2) is 9.59 Å². The molecule has 0 unspecified atom stereocenters. The highest BCUT2D eigenvalue weighted by Crippen LogP contribution is 2.35. The Morgan fingerprint density at radius 1 is 1.07 bits per heavy atom. The van der Waals surface area contributed by atoms with Crippen LogP contribution in [-0.4, -0.2) is 60.8 Å². The molecule has 0 aromatic carbocycles. The van der Waals surface area contributed by atoms with Crippen LogP contribution in [-0.2, 0) is 14.2 Å². The maximum absolute atomic E-state index is 12.8. The van der Waals surface area contributed by atoms with Crippen molar-refractivity contribution in [1.29, 1.82) is 0 Å². The summed E-state index contributed by atoms with van der Waals surface area (Å²) in [6.45, 7) is 12.7. The molecule has 160 valence electrons. The first-order chi connectivity index (χ1) is 13.4. The van der Waals surface area contributed by atoms with Crippen LogP contribution in [0.4, 0.5) is 21.1 Å². The van der Waals surface area contributed by atoms with Gasteiger partial charge >= 0.3 is 12.2 Å². The van der Waals surface area contributed by atoms with Gasteiger partial charge in [-0.15, -0.1) is 0 Å². The number of carbonyl (C=O) groups is 2. The SMILES string of the molecule is CC(C)(C)OC(=O)N(C(=O)OC(C)(C)C)c1ccc2c(n1)OC[C@H]1COCCN21. The lowest BCUT2D eigenvalue weighted by Crippen LogP contribution is -2.51. The molecule has 29 heavy (non-hydrogen) atoms. The number of rotatable bonds is 1. The van der Waals surface area contributed by atoms with Gasteiger partial charge in [0.05, 0.1) is 19.3 Å². The Morgan fingerprint density at radius 2 is 1.69 bits per heavy atom. The fraction of sp³-hybridized carbons (Fsp3) is 0.650. The average Bonchev–Trinajstić information content (AvgIpc) is 2.58. The Hall–Kier alpha value is -2.55. The number of nitrogens with zero attached hydrogens (tertiary/aromatic N) is 3. The van der Waals surface area contributed by atoms with Crippen LogP contribution >= 0.6 is 0 Å². The predicted octanol–water partition coefficient (Wildman–Crippen LogP) is 3.36. The molecule has 9 heteroatoms. The van der Waals surface area contributed by atoms with Crippen LogP contribution in [0.1, 0.15) is 41.5 Å². The summed E-state index contributed by atoms with van der Waals surface area (Å²) in [5.41, 5.74) is -0.770. The first-order valence-corrected chi connectivity index (χ1v) is 9.69. The zero-order valence-corrected chi connectivity index (χ0v) is 17.9. The van der Waals surface area contributed by atoms with E-state index in [4.69, 9.17) is 18.9 Å². The van der Waals surface area contributed by atoms with Crippen molar-refractivity contribution in [1.82, 2.24) is 4.98 Å². The molecule has 3 rings (SSSR count). The molecule has 1 atom stereocenters. The maximum Gasteiger partial charge on any atom is 0.425 e. The number of amides is 2. The molecule has 1 aromatic heterocycles. The van der Waals surface area contributed by atoms with Crippen molar-refractivity contribution in [3.8, 4) is 5.88 Å². The van der Waals surface area contributed by atoms with Gasteiger partial charge in [-0.1, -0.05) is 0 Å². The number of hydrogen-bond acceptors (Lipinski definition) is 8. The van der Waals surface area contributed by atoms with Crippen molar-refractivity contribution in [2.45, 2.75) is 58.8 Å². The molecule has 0 radical (unpaired) electrons. The largest absolute Gasteiger partial charge is 0.474 e. The van der Waals surface area contributed by atoms with Crippen LogP contribution in [0, 0.1) is 0 Å². The number of carbonyl (C=O) groups excluding carboxylic acids is 2. The van der Waals surface area contributed by atoms with Crippen molar-refractivity contribution < 1.29 is 28.5 Å². The Morgan fingerprint density at radius 3 is 2.28 bits per heavy atom. The second-order valence-corrected chi connectivity index (χ2v) is 9.02. The van der Waals surface area contributed by atoms with Crippen molar-refractivity contribution in [3.63, 3.8) is 0 Å². The van der Waals surface area contributed by atoms with E-state index in [0.29, 0.717) is 25.7 Å². The van der Waals surface area contributed by atoms with Crippen LogP contribution in [0.2, 0.25) is 0 Å². The number of hydrogen-bond donors (Lipinski definition) is 0. The van der Waals surface area contributed by atoms with Crippen molar-refractivity contribution in [2.24, 2.45) is 0 Å². The summed E-state index contributed by atoms with van der Waals surface area (Å²) in [5, 5.41) is 0. The summed E-state index contributed by atoms with van der Waals surface area (Å²) in [7, 11) is 0. The molecular formula is C20H29N3O6. The topological polar surface area (TPSA) is 90.4 Å². The van der Waals surface area contributed by atoms with Crippen LogP contribution in [0.3, 0.4) is 0 Å². The van der Waals surface area contributed by atoms with Gasteiger partial charge in [0, 0.05) is 6.54 Å². The number of pyridine rings is 1. The maximum atomic E-state index is 12.8. The van der Waals surface area contributed by atoms with E-state index in [0.717, 1.165) is 17.1 Å². The summed E-state index contributed by atoms with van der Waals surface area (Å²) in [6, 6.07) is 3.50. The minimum atomic E-state index is -0.862. The monoisotopic (exact) mass is 407 g/mol. The number of imide groups is 1. The smallest absolute Gasteiger partial charge is 0.425 e. The summed E-state index contributed by atoms with van der Waals surface area (Å²) in [6.07, 6.45) is -1.72. The second-order valence-electron chi connectivity index (χ2n) is 9.02. The standard InChI is InChI=1S/C20H29N3O6/c1-19(2,3)28-17(24)23(18(25)29-20(4,5)6)15-8-7-14-16(21-15)27-12-13-11-26-10-9-22(13)14/h7-8,13H,9-12H2,1-6H3/t13-/m1/s1. The van der Waals surface area contributed by atoms with Gasteiger partial charge in [-0.2, -0.15) is 9.88 Å². The number of ether oxygens (including phenoxy) is 4. The summed E-state index contributed by atoms with van der Waals surface area (Å²) in [4.78, 5) is 33.0. The summed E-state index contributed by atoms with van der Waals surface area (Å²) < 4.78 is 22.1. The van der Waals surface area contributed by atoms with E-state index in [1.54, 1.807) is 53.7 Å².